The molecule has 1 aliphatic rings. The zero-order valence-electron chi connectivity index (χ0n) is 5.41. The summed E-state index contributed by atoms with van der Waals surface area (Å²) in [5, 5.41) is 0. The van der Waals surface area contributed by atoms with Gasteiger partial charge in [-0.3, -0.25) is 0 Å². The molecule has 0 unspecified atom stereocenters. The monoisotopic (exact) mass is 108 g/mol. The summed E-state index contributed by atoms with van der Waals surface area (Å²) in [4.78, 5) is 0. The van der Waals surface area contributed by atoms with Crippen LogP contribution in [0.1, 0.15) is 26.2 Å². The molecule has 0 spiro atoms. The van der Waals surface area contributed by atoms with Gasteiger partial charge in [0, 0.05) is 0 Å². The number of hydrogen-bond acceptors (Lipinski definition) is 0. The van der Waals surface area contributed by atoms with Gasteiger partial charge in [-0.15, -0.1) is 5.73 Å². The Morgan fingerprint density at radius 1 is 1.75 bits per heavy atom. The zero-order chi connectivity index (χ0) is 5.98. The van der Waals surface area contributed by atoms with Crippen LogP contribution in [0.25, 0.3) is 0 Å². The van der Waals surface area contributed by atoms with Crippen LogP contribution in [0.4, 0.5) is 0 Å². The van der Waals surface area contributed by atoms with Crippen molar-refractivity contribution in [2.75, 3.05) is 0 Å². The lowest BCUT2D eigenvalue weighted by Crippen LogP contribution is -1.79. The molecule has 8 heavy (non-hydrogen) atoms. The molecule has 0 heterocycles. The van der Waals surface area contributed by atoms with Crippen molar-refractivity contribution in [1.82, 2.24) is 0 Å². The van der Waals surface area contributed by atoms with Crippen LogP contribution in [0, 0.1) is 5.92 Å². The summed E-state index contributed by atoms with van der Waals surface area (Å²) in [6.07, 6.45) is 3.83. The zero-order valence-corrected chi connectivity index (χ0v) is 5.41. The summed E-state index contributed by atoms with van der Waals surface area (Å²) in [7, 11) is 0. The normalized spacial score (nSPS) is 28.1. The van der Waals surface area contributed by atoms with E-state index in [1.165, 1.54) is 24.8 Å². The van der Waals surface area contributed by atoms with Crippen LogP contribution in [0.15, 0.2) is 17.9 Å². The summed E-state index contributed by atoms with van der Waals surface area (Å²) in [6.45, 7) is 5.90. The van der Waals surface area contributed by atoms with Gasteiger partial charge in [-0.2, -0.15) is 0 Å². The van der Waals surface area contributed by atoms with Crippen molar-refractivity contribution in [3.63, 3.8) is 0 Å². The molecule has 0 aromatic carbocycles. The molecule has 0 bridgehead atoms. The summed E-state index contributed by atoms with van der Waals surface area (Å²) < 4.78 is 0. The van der Waals surface area contributed by atoms with Crippen molar-refractivity contribution in [2.45, 2.75) is 26.2 Å². The molecule has 1 saturated carbocycles. The summed E-state index contributed by atoms with van der Waals surface area (Å²) in [5.41, 5.74) is 4.39. The molecule has 1 fully saturated rings. The fourth-order valence-electron chi connectivity index (χ4n) is 1.21. The van der Waals surface area contributed by atoms with Gasteiger partial charge in [0.15, 0.2) is 0 Å². The second kappa shape index (κ2) is 2.19. The van der Waals surface area contributed by atoms with Crippen molar-refractivity contribution in [3.05, 3.63) is 17.9 Å². The highest BCUT2D eigenvalue weighted by Gasteiger charge is 2.13. The summed E-state index contributed by atoms with van der Waals surface area (Å²) in [5.74, 6) is 0.888. The average molecular weight is 108 g/mol. The Kier molecular flexibility index (Phi) is 1.55. The van der Waals surface area contributed by atoms with E-state index in [0.29, 0.717) is 0 Å². The van der Waals surface area contributed by atoms with Crippen LogP contribution in [-0.4, -0.2) is 0 Å². The first-order chi connectivity index (χ1) is 3.83. The van der Waals surface area contributed by atoms with Gasteiger partial charge in [-0.05, 0) is 30.8 Å². The van der Waals surface area contributed by atoms with Crippen LogP contribution in [-0.2, 0) is 0 Å². The minimum atomic E-state index is 0.888. The number of hydrogen-bond donors (Lipinski definition) is 0. The van der Waals surface area contributed by atoms with Gasteiger partial charge in [0.2, 0.25) is 0 Å². The number of allylic oxidation sites excluding steroid dienone is 1. The maximum atomic E-state index is 3.62. The maximum absolute atomic E-state index is 3.62. The lowest BCUT2D eigenvalue weighted by molar-refractivity contribution is 0.620. The van der Waals surface area contributed by atoms with Crippen molar-refractivity contribution in [3.8, 4) is 0 Å². The minimum absolute atomic E-state index is 0.888. The van der Waals surface area contributed by atoms with Crippen molar-refractivity contribution < 1.29 is 0 Å². The Morgan fingerprint density at radius 3 is 2.75 bits per heavy atom. The molecule has 0 radical (unpaired) electrons. The first-order valence-electron chi connectivity index (χ1n) is 3.20. The molecule has 0 aliphatic heterocycles. The molecule has 0 saturated heterocycles. The highest BCUT2D eigenvalue weighted by Crippen LogP contribution is 2.28. The van der Waals surface area contributed by atoms with Gasteiger partial charge in [-0.25, -0.2) is 0 Å². The standard InChI is InChI=1S/C8H12/c1-3-8-5-4-7(2)6-8/h7H,1,4-6H2,2H3/t7-/m0/s1. The quantitative estimate of drug-likeness (QED) is 0.418. The molecule has 0 heteroatoms. The lowest BCUT2D eigenvalue weighted by atomic mass is 10.1. The van der Waals surface area contributed by atoms with Gasteiger partial charge >= 0.3 is 0 Å². The first-order valence-corrected chi connectivity index (χ1v) is 3.20. The van der Waals surface area contributed by atoms with Gasteiger partial charge in [0.25, 0.3) is 0 Å². The highest BCUT2D eigenvalue weighted by molar-refractivity contribution is 5.04. The summed E-state index contributed by atoms with van der Waals surface area (Å²) >= 11 is 0. The van der Waals surface area contributed by atoms with Crippen LogP contribution in [0.5, 0.6) is 0 Å². The third-order valence-electron chi connectivity index (χ3n) is 1.78. The maximum Gasteiger partial charge on any atom is -0.0218 e. The van der Waals surface area contributed by atoms with Crippen LogP contribution in [0.3, 0.4) is 0 Å². The number of rotatable bonds is 0. The van der Waals surface area contributed by atoms with Crippen molar-refractivity contribution >= 4 is 0 Å². The molecular weight excluding hydrogens is 96.1 g/mol. The van der Waals surface area contributed by atoms with E-state index in [1.807, 2.05) is 0 Å². The van der Waals surface area contributed by atoms with E-state index >= 15 is 0 Å². The smallest absolute Gasteiger partial charge is 0.0218 e. The first kappa shape index (κ1) is 5.65. The molecule has 1 atom stereocenters. The second-order valence-corrected chi connectivity index (χ2v) is 2.63. The molecule has 1 rings (SSSR count). The lowest BCUT2D eigenvalue weighted by Gasteiger charge is -1.91. The topological polar surface area (TPSA) is 0 Å². The third-order valence-corrected chi connectivity index (χ3v) is 1.78. The van der Waals surface area contributed by atoms with Gasteiger partial charge in [0.05, 0.1) is 0 Å². The third kappa shape index (κ3) is 1.02. The average Bonchev–Trinajstić information content (AvgIpc) is 2.14. The molecule has 0 nitrogen and oxygen atoms in total. The molecule has 0 aromatic rings. The predicted octanol–water partition coefficient (Wildman–Crippen LogP) is 2.52. The predicted molar refractivity (Wildman–Crippen MR) is 35.7 cm³/mol. The Bertz CT molecular complexity index is 127. The van der Waals surface area contributed by atoms with E-state index in [2.05, 4.69) is 19.2 Å². The molecule has 0 aromatic heterocycles. The molecular formula is C8H12. The van der Waals surface area contributed by atoms with E-state index in [0.717, 1.165) is 5.92 Å². The Morgan fingerprint density at radius 2 is 2.50 bits per heavy atom. The van der Waals surface area contributed by atoms with Gasteiger partial charge < -0.3 is 0 Å². The SMILES string of the molecule is C=C=C1CC[C@H](C)C1. The highest BCUT2D eigenvalue weighted by atomic mass is 14.2. The van der Waals surface area contributed by atoms with Crippen molar-refractivity contribution in [2.24, 2.45) is 5.92 Å². The van der Waals surface area contributed by atoms with E-state index < -0.39 is 0 Å². The van der Waals surface area contributed by atoms with Crippen LogP contribution in [0.2, 0.25) is 0 Å². The van der Waals surface area contributed by atoms with E-state index in [9.17, 15) is 0 Å². The minimum Gasteiger partial charge on any atom is -0.130 e. The summed E-state index contributed by atoms with van der Waals surface area (Å²) in [6, 6.07) is 0. The van der Waals surface area contributed by atoms with Crippen LogP contribution >= 0.6 is 0 Å². The van der Waals surface area contributed by atoms with Crippen LogP contribution < -0.4 is 0 Å². The molecule has 0 amide bonds. The van der Waals surface area contributed by atoms with Gasteiger partial charge in [-0.1, -0.05) is 13.5 Å². The molecule has 1 aliphatic carbocycles. The van der Waals surface area contributed by atoms with Gasteiger partial charge in [0.1, 0.15) is 0 Å². The fraction of sp³-hybridized carbons (Fsp3) is 0.625. The Labute approximate surface area is 50.9 Å². The Balaban J connectivity index is 2.56. The Hall–Kier alpha value is -0.480. The van der Waals surface area contributed by atoms with Crippen molar-refractivity contribution in [1.29, 1.82) is 0 Å². The van der Waals surface area contributed by atoms with E-state index in [4.69, 9.17) is 0 Å². The molecule has 44 valence electrons. The van der Waals surface area contributed by atoms with E-state index in [1.54, 1.807) is 0 Å². The fourth-order valence-corrected chi connectivity index (χ4v) is 1.21. The second-order valence-electron chi connectivity index (χ2n) is 2.63. The largest absolute Gasteiger partial charge is 0.130 e. The van der Waals surface area contributed by atoms with E-state index in [-0.39, 0.29) is 0 Å². The molecule has 0 N–H and O–H groups in total.